The molecule has 3 heteroatoms. The average Bonchev–Trinajstić information content (AvgIpc) is 2.67. The number of hydrogen-bond donors (Lipinski definition) is 0. The van der Waals surface area contributed by atoms with E-state index >= 15 is 0 Å². The van der Waals surface area contributed by atoms with Crippen LogP contribution in [-0.2, 0) is 6.54 Å². The van der Waals surface area contributed by atoms with Gasteiger partial charge in [-0.2, -0.15) is 0 Å². The molecule has 0 atom stereocenters. The monoisotopic (exact) mass is 298 g/mol. The van der Waals surface area contributed by atoms with Crippen LogP contribution in [0.2, 0.25) is 0 Å². The highest BCUT2D eigenvalue weighted by Gasteiger charge is 2.03. The largest absolute Gasteiger partial charge is 0.331 e. The van der Waals surface area contributed by atoms with Crippen LogP contribution in [0.25, 0.3) is 11.4 Å². The van der Waals surface area contributed by atoms with Gasteiger partial charge in [-0.3, -0.25) is 0 Å². The predicted molar refractivity (Wildman–Crippen MR) is 66.1 cm³/mol. The van der Waals surface area contributed by atoms with E-state index in [9.17, 15) is 0 Å². The molecule has 0 aliphatic rings. The quantitative estimate of drug-likeness (QED) is 0.779. The minimum atomic E-state index is 0.960. The number of aromatic nitrogens is 2. The summed E-state index contributed by atoms with van der Waals surface area (Å²) in [6.07, 6.45) is 3.85. The molecule has 0 N–H and O–H groups in total. The van der Waals surface area contributed by atoms with Crippen LogP contribution < -0.4 is 0 Å². The lowest BCUT2D eigenvalue weighted by atomic mass is 10.2. The van der Waals surface area contributed by atoms with Gasteiger partial charge in [-0.15, -0.1) is 0 Å². The zero-order valence-electron chi connectivity index (χ0n) is 7.94. The Hall–Kier alpha value is -0.840. The van der Waals surface area contributed by atoms with Gasteiger partial charge in [-0.1, -0.05) is 12.1 Å². The number of aryl methyl sites for hydroxylation is 1. The van der Waals surface area contributed by atoms with Crippen molar-refractivity contribution in [2.45, 2.75) is 13.5 Å². The summed E-state index contributed by atoms with van der Waals surface area (Å²) in [6.45, 7) is 3.08. The molecule has 72 valence electrons. The lowest BCUT2D eigenvalue weighted by molar-refractivity contribution is 0.771. The number of nitrogens with zero attached hydrogens (tertiary/aromatic N) is 2. The van der Waals surface area contributed by atoms with Gasteiger partial charge in [-0.25, -0.2) is 4.98 Å². The van der Waals surface area contributed by atoms with Crippen molar-refractivity contribution in [2.75, 3.05) is 0 Å². The second kappa shape index (κ2) is 4.13. The third-order valence-electron chi connectivity index (χ3n) is 2.16. The zero-order valence-corrected chi connectivity index (χ0v) is 10.1. The van der Waals surface area contributed by atoms with Crippen LogP contribution in [0, 0.1) is 3.57 Å². The molecule has 2 rings (SSSR count). The van der Waals surface area contributed by atoms with Gasteiger partial charge in [0.2, 0.25) is 0 Å². The maximum absolute atomic E-state index is 4.35. The smallest absolute Gasteiger partial charge is 0.139 e. The van der Waals surface area contributed by atoms with E-state index in [1.165, 1.54) is 9.13 Å². The van der Waals surface area contributed by atoms with E-state index < -0.39 is 0 Å². The first-order chi connectivity index (χ1) is 6.81. The molecule has 0 fully saturated rings. The van der Waals surface area contributed by atoms with Gasteiger partial charge in [0.1, 0.15) is 5.82 Å². The van der Waals surface area contributed by atoms with Crippen LogP contribution in [0.15, 0.2) is 36.7 Å². The minimum Gasteiger partial charge on any atom is -0.331 e. The highest BCUT2D eigenvalue weighted by atomic mass is 127. The van der Waals surface area contributed by atoms with Gasteiger partial charge in [-0.05, 0) is 41.6 Å². The van der Waals surface area contributed by atoms with E-state index in [2.05, 4.69) is 63.3 Å². The Morgan fingerprint density at radius 1 is 1.29 bits per heavy atom. The Morgan fingerprint density at radius 3 is 2.64 bits per heavy atom. The molecular formula is C11H11IN2. The van der Waals surface area contributed by atoms with Crippen LogP contribution >= 0.6 is 22.6 Å². The Balaban J connectivity index is 2.44. The fraction of sp³-hybridized carbons (Fsp3) is 0.182. The van der Waals surface area contributed by atoms with Crippen molar-refractivity contribution in [3.8, 4) is 11.4 Å². The molecule has 2 aromatic rings. The Morgan fingerprint density at radius 2 is 2.00 bits per heavy atom. The number of rotatable bonds is 2. The summed E-state index contributed by atoms with van der Waals surface area (Å²) >= 11 is 2.31. The van der Waals surface area contributed by atoms with Crippen molar-refractivity contribution in [1.29, 1.82) is 0 Å². The second-order valence-electron chi connectivity index (χ2n) is 3.04. The summed E-state index contributed by atoms with van der Waals surface area (Å²) in [5.41, 5.74) is 1.18. The lowest BCUT2D eigenvalue weighted by Crippen LogP contribution is -1.95. The third-order valence-corrected chi connectivity index (χ3v) is 2.88. The summed E-state index contributed by atoms with van der Waals surface area (Å²) in [7, 11) is 0. The van der Waals surface area contributed by atoms with Crippen molar-refractivity contribution < 1.29 is 0 Å². The van der Waals surface area contributed by atoms with Crippen LogP contribution in [0.3, 0.4) is 0 Å². The van der Waals surface area contributed by atoms with Gasteiger partial charge in [0.25, 0.3) is 0 Å². The lowest BCUT2D eigenvalue weighted by Gasteiger charge is -2.04. The molecule has 0 radical (unpaired) electrons. The van der Waals surface area contributed by atoms with Crippen LogP contribution in [0.5, 0.6) is 0 Å². The van der Waals surface area contributed by atoms with E-state index in [1.807, 2.05) is 12.4 Å². The zero-order chi connectivity index (χ0) is 9.97. The van der Waals surface area contributed by atoms with Crippen molar-refractivity contribution >= 4 is 22.6 Å². The van der Waals surface area contributed by atoms with Gasteiger partial charge in [0.15, 0.2) is 0 Å². The van der Waals surface area contributed by atoms with Crippen LogP contribution in [-0.4, -0.2) is 9.55 Å². The molecule has 0 bridgehead atoms. The van der Waals surface area contributed by atoms with Gasteiger partial charge >= 0.3 is 0 Å². The van der Waals surface area contributed by atoms with E-state index in [4.69, 9.17) is 0 Å². The van der Waals surface area contributed by atoms with E-state index in [0.717, 1.165) is 12.4 Å². The highest BCUT2D eigenvalue weighted by Crippen LogP contribution is 2.18. The first-order valence-corrected chi connectivity index (χ1v) is 5.66. The van der Waals surface area contributed by atoms with Crippen molar-refractivity contribution in [3.05, 3.63) is 40.2 Å². The number of imidazole rings is 1. The Bertz CT molecular complexity index is 417. The highest BCUT2D eigenvalue weighted by molar-refractivity contribution is 14.1. The molecular weight excluding hydrogens is 287 g/mol. The van der Waals surface area contributed by atoms with Gasteiger partial charge in [0.05, 0.1) is 0 Å². The van der Waals surface area contributed by atoms with Crippen LogP contribution in [0.1, 0.15) is 6.92 Å². The maximum atomic E-state index is 4.35. The molecule has 0 saturated heterocycles. The van der Waals surface area contributed by atoms with E-state index in [1.54, 1.807) is 0 Å². The Labute approximate surface area is 97.1 Å². The summed E-state index contributed by atoms with van der Waals surface area (Å²) in [5.74, 6) is 1.05. The third kappa shape index (κ3) is 1.82. The van der Waals surface area contributed by atoms with Crippen molar-refractivity contribution in [3.63, 3.8) is 0 Å². The number of halogens is 1. The minimum absolute atomic E-state index is 0.960. The predicted octanol–water partition coefficient (Wildman–Crippen LogP) is 3.17. The van der Waals surface area contributed by atoms with E-state index in [0.29, 0.717) is 0 Å². The Kier molecular flexibility index (Phi) is 2.86. The normalized spacial score (nSPS) is 10.4. The summed E-state index contributed by atoms with van der Waals surface area (Å²) in [4.78, 5) is 4.35. The molecule has 0 saturated carbocycles. The fourth-order valence-electron chi connectivity index (χ4n) is 1.42. The maximum Gasteiger partial charge on any atom is 0.139 e. The molecule has 1 aromatic carbocycles. The molecule has 1 heterocycles. The molecule has 1 aromatic heterocycles. The fourth-order valence-corrected chi connectivity index (χ4v) is 1.78. The molecule has 0 unspecified atom stereocenters. The molecule has 2 nitrogen and oxygen atoms in total. The first-order valence-electron chi connectivity index (χ1n) is 4.58. The second-order valence-corrected chi connectivity index (χ2v) is 4.29. The number of benzene rings is 1. The summed E-state index contributed by atoms with van der Waals surface area (Å²) < 4.78 is 3.39. The summed E-state index contributed by atoms with van der Waals surface area (Å²) in [6, 6.07) is 8.42. The van der Waals surface area contributed by atoms with Gasteiger partial charge < -0.3 is 4.57 Å². The summed E-state index contributed by atoms with van der Waals surface area (Å²) in [5, 5.41) is 0. The van der Waals surface area contributed by atoms with Crippen molar-refractivity contribution in [2.24, 2.45) is 0 Å². The average molecular weight is 298 g/mol. The SMILES string of the molecule is CCn1ccnc1-c1ccc(I)cc1. The van der Waals surface area contributed by atoms with Gasteiger partial charge in [0, 0.05) is 28.1 Å². The first kappa shape index (κ1) is 9.71. The molecule has 0 aliphatic carbocycles. The molecule has 0 amide bonds. The standard InChI is InChI=1S/C11H11IN2/c1-2-14-8-7-13-11(14)9-3-5-10(12)6-4-9/h3-8H,2H2,1H3. The van der Waals surface area contributed by atoms with Crippen LogP contribution in [0.4, 0.5) is 0 Å². The molecule has 14 heavy (non-hydrogen) atoms. The van der Waals surface area contributed by atoms with E-state index in [-0.39, 0.29) is 0 Å². The topological polar surface area (TPSA) is 17.8 Å². The molecule has 0 spiro atoms. The molecule has 0 aliphatic heterocycles. The number of hydrogen-bond acceptors (Lipinski definition) is 1. The van der Waals surface area contributed by atoms with Crippen molar-refractivity contribution in [1.82, 2.24) is 9.55 Å².